The van der Waals surface area contributed by atoms with Gasteiger partial charge >= 0.3 is 0 Å². The predicted octanol–water partition coefficient (Wildman–Crippen LogP) is 1.66. The van der Waals surface area contributed by atoms with E-state index >= 15 is 0 Å². The molecule has 2 aliphatic rings. The highest BCUT2D eigenvalue weighted by molar-refractivity contribution is 5.97. The summed E-state index contributed by atoms with van der Waals surface area (Å²) in [7, 11) is 1.75. The number of carbonyl (C=O) groups is 1. The van der Waals surface area contributed by atoms with Crippen LogP contribution in [-0.2, 0) is 4.74 Å². The van der Waals surface area contributed by atoms with Crippen LogP contribution in [0.2, 0.25) is 0 Å². The number of anilines is 2. The first-order valence-corrected chi connectivity index (χ1v) is 9.46. The molecule has 5 N–H and O–H groups in total. The molecule has 3 rings (SSSR count). The number of methoxy groups -OCH3 is 1. The molecule has 2 fully saturated rings. The van der Waals surface area contributed by atoms with Crippen molar-refractivity contribution >= 4 is 17.7 Å². The van der Waals surface area contributed by atoms with Gasteiger partial charge in [0.2, 0.25) is 5.95 Å². The highest BCUT2D eigenvalue weighted by atomic mass is 16.5. The average molecular weight is 363 g/mol. The van der Waals surface area contributed by atoms with Gasteiger partial charge in [-0.15, -0.1) is 0 Å². The zero-order chi connectivity index (χ0) is 18.5. The molecule has 0 radical (unpaired) electrons. The number of aromatic nitrogens is 2. The topological polar surface area (TPSA) is 122 Å². The molecule has 0 aliphatic heterocycles. The largest absolute Gasteiger partial charge is 0.393 e. The van der Waals surface area contributed by atoms with Gasteiger partial charge in [0.25, 0.3) is 5.91 Å². The first kappa shape index (κ1) is 18.8. The average Bonchev–Trinajstić information content (AvgIpc) is 2.62. The smallest absolute Gasteiger partial charge is 0.254 e. The summed E-state index contributed by atoms with van der Waals surface area (Å²) < 4.78 is 5.40. The van der Waals surface area contributed by atoms with E-state index in [1.165, 1.54) is 6.20 Å². The van der Waals surface area contributed by atoms with Crippen molar-refractivity contribution in [2.45, 2.75) is 75.7 Å². The van der Waals surface area contributed by atoms with Crippen LogP contribution in [0.15, 0.2) is 6.20 Å². The summed E-state index contributed by atoms with van der Waals surface area (Å²) in [6.07, 6.45) is 8.86. The number of amides is 1. The minimum atomic E-state index is -0.559. The Labute approximate surface area is 153 Å². The minimum Gasteiger partial charge on any atom is -0.393 e. The molecule has 8 heteroatoms. The maximum atomic E-state index is 11.7. The third-order valence-electron chi connectivity index (χ3n) is 5.38. The van der Waals surface area contributed by atoms with E-state index in [2.05, 4.69) is 20.6 Å². The lowest BCUT2D eigenvalue weighted by Gasteiger charge is -2.29. The van der Waals surface area contributed by atoms with Gasteiger partial charge in [-0.2, -0.15) is 4.98 Å². The van der Waals surface area contributed by atoms with E-state index in [0.717, 1.165) is 44.9 Å². The Bertz CT molecular complexity index is 619. The second kappa shape index (κ2) is 8.64. The summed E-state index contributed by atoms with van der Waals surface area (Å²) in [5, 5.41) is 16.5. The zero-order valence-corrected chi connectivity index (χ0v) is 15.3. The van der Waals surface area contributed by atoms with Gasteiger partial charge in [0.1, 0.15) is 5.82 Å². The second-order valence-corrected chi connectivity index (χ2v) is 7.34. The lowest BCUT2D eigenvalue weighted by atomic mass is 9.93. The van der Waals surface area contributed by atoms with Crippen LogP contribution in [0.25, 0.3) is 0 Å². The number of rotatable bonds is 6. The second-order valence-electron chi connectivity index (χ2n) is 7.34. The first-order valence-electron chi connectivity index (χ1n) is 9.46. The van der Waals surface area contributed by atoms with E-state index in [1.54, 1.807) is 7.11 Å². The van der Waals surface area contributed by atoms with Gasteiger partial charge in [0.05, 0.1) is 17.8 Å². The van der Waals surface area contributed by atoms with Crippen molar-refractivity contribution in [3.8, 4) is 0 Å². The quantitative estimate of drug-likeness (QED) is 0.606. The van der Waals surface area contributed by atoms with Gasteiger partial charge in [-0.3, -0.25) is 4.79 Å². The van der Waals surface area contributed by atoms with Crippen LogP contribution < -0.4 is 16.4 Å². The zero-order valence-electron chi connectivity index (χ0n) is 15.3. The Morgan fingerprint density at radius 2 is 1.96 bits per heavy atom. The fraction of sp³-hybridized carbons (Fsp3) is 0.722. The van der Waals surface area contributed by atoms with Gasteiger partial charge in [0.15, 0.2) is 0 Å². The molecular formula is C18H29N5O3. The van der Waals surface area contributed by atoms with Gasteiger partial charge < -0.3 is 26.2 Å². The Morgan fingerprint density at radius 1 is 1.19 bits per heavy atom. The molecule has 1 amide bonds. The predicted molar refractivity (Wildman–Crippen MR) is 99.1 cm³/mol. The summed E-state index contributed by atoms with van der Waals surface area (Å²) in [4.78, 5) is 20.5. The molecule has 1 heterocycles. The Morgan fingerprint density at radius 3 is 2.62 bits per heavy atom. The number of aliphatic hydroxyl groups excluding tert-OH is 1. The van der Waals surface area contributed by atoms with E-state index < -0.39 is 5.91 Å². The number of hydrogen-bond donors (Lipinski definition) is 4. The summed E-state index contributed by atoms with van der Waals surface area (Å²) in [6, 6.07) is 0.377. The maximum absolute atomic E-state index is 11.7. The standard InChI is InChI=1S/C18H29N5O3/c1-26-14-7-5-11(6-8-14)22-18-20-10-15(16(19)25)17(23-18)21-12-3-2-4-13(24)9-12/h10-14,24H,2-9H2,1H3,(H2,19,25)(H2,20,21,22,23)/t11?,12?,13-,14?/m0/s1. The van der Waals surface area contributed by atoms with Crippen LogP contribution in [-0.4, -0.2) is 52.4 Å². The molecule has 0 saturated heterocycles. The van der Waals surface area contributed by atoms with Gasteiger partial charge in [-0.1, -0.05) is 0 Å². The number of carbonyl (C=O) groups excluding carboxylic acids is 1. The van der Waals surface area contributed by atoms with Crippen LogP contribution in [0, 0.1) is 0 Å². The summed E-state index contributed by atoms with van der Waals surface area (Å²) in [6.45, 7) is 0. The van der Waals surface area contributed by atoms with E-state index in [4.69, 9.17) is 10.5 Å². The number of aliphatic hydroxyl groups is 1. The molecule has 144 valence electrons. The molecule has 1 aromatic rings. The fourth-order valence-corrected chi connectivity index (χ4v) is 3.86. The normalized spacial score (nSPS) is 29.2. The van der Waals surface area contributed by atoms with Crippen LogP contribution in [0.5, 0.6) is 0 Å². The Hall–Kier alpha value is -1.93. The van der Waals surface area contributed by atoms with E-state index in [0.29, 0.717) is 30.3 Å². The molecule has 0 aromatic carbocycles. The first-order chi connectivity index (χ1) is 12.5. The van der Waals surface area contributed by atoms with Crippen LogP contribution in [0.1, 0.15) is 61.7 Å². The molecule has 1 unspecified atom stereocenters. The lowest BCUT2D eigenvalue weighted by Crippen LogP contribution is -2.32. The van der Waals surface area contributed by atoms with Crippen molar-refractivity contribution in [3.63, 3.8) is 0 Å². The Balaban J connectivity index is 1.68. The van der Waals surface area contributed by atoms with E-state index in [9.17, 15) is 9.90 Å². The van der Waals surface area contributed by atoms with Gasteiger partial charge in [-0.25, -0.2) is 4.98 Å². The van der Waals surface area contributed by atoms with Crippen LogP contribution >= 0.6 is 0 Å². The van der Waals surface area contributed by atoms with Crippen LogP contribution in [0.3, 0.4) is 0 Å². The number of nitrogens with two attached hydrogens (primary N) is 1. The van der Waals surface area contributed by atoms with Crippen molar-refractivity contribution in [1.82, 2.24) is 9.97 Å². The van der Waals surface area contributed by atoms with E-state index in [1.807, 2.05) is 0 Å². The highest BCUT2D eigenvalue weighted by Gasteiger charge is 2.24. The van der Waals surface area contributed by atoms with Crippen molar-refractivity contribution in [1.29, 1.82) is 0 Å². The molecule has 0 bridgehead atoms. The molecule has 26 heavy (non-hydrogen) atoms. The Kier molecular flexibility index (Phi) is 6.26. The molecule has 2 aliphatic carbocycles. The van der Waals surface area contributed by atoms with Crippen molar-refractivity contribution < 1.29 is 14.6 Å². The number of ether oxygens (including phenoxy) is 1. The van der Waals surface area contributed by atoms with Gasteiger partial charge in [-0.05, 0) is 51.4 Å². The fourth-order valence-electron chi connectivity index (χ4n) is 3.86. The molecule has 8 nitrogen and oxygen atoms in total. The lowest BCUT2D eigenvalue weighted by molar-refractivity contribution is 0.0681. The number of primary amides is 1. The van der Waals surface area contributed by atoms with Crippen molar-refractivity contribution in [3.05, 3.63) is 11.8 Å². The highest BCUT2D eigenvalue weighted by Crippen LogP contribution is 2.25. The molecule has 0 spiro atoms. The minimum absolute atomic E-state index is 0.0803. The van der Waals surface area contributed by atoms with Crippen LogP contribution in [0.4, 0.5) is 11.8 Å². The monoisotopic (exact) mass is 363 g/mol. The number of nitrogens with zero attached hydrogens (tertiary/aromatic N) is 2. The molecule has 2 atom stereocenters. The van der Waals surface area contributed by atoms with Gasteiger partial charge in [0, 0.05) is 25.4 Å². The molecule has 1 aromatic heterocycles. The summed E-state index contributed by atoms with van der Waals surface area (Å²) in [5.74, 6) is 0.380. The van der Waals surface area contributed by atoms with Crippen molar-refractivity contribution in [2.24, 2.45) is 5.73 Å². The van der Waals surface area contributed by atoms with E-state index in [-0.39, 0.29) is 17.7 Å². The maximum Gasteiger partial charge on any atom is 0.254 e. The third-order valence-corrected chi connectivity index (χ3v) is 5.38. The molecular weight excluding hydrogens is 334 g/mol. The third kappa shape index (κ3) is 4.82. The number of hydrogen-bond acceptors (Lipinski definition) is 7. The number of nitrogens with one attached hydrogen (secondary N) is 2. The molecule has 2 saturated carbocycles. The SMILES string of the molecule is COC1CCC(Nc2ncc(C(N)=O)c(NC3CCC[C@H](O)C3)n2)CC1. The summed E-state index contributed by atoms with van der Waals surface area (Å²) in [5.41, 5.74) is 5.75. The summed E-state index contributed by atoms with van der Waals surface area (Å²) >= 11 is 0. The van der Waals surface area contributed by atoms with Crippen molar-refractivity contribution in [2.75, 3.05) is 17.7 Å².